The van der Waals surface area contributed by atoms with Crippen molar-refractivity contribution >= 4 is 15.6 Å². The molecule has 16 heteroatoms. The van der Waals surface area contributed by atoms with Crippen LogP contribution in [0.2, 0.25) is 0 Å². The fourth-order valence-corrected chi connectivity index (χ4v) is 3.36. The van der Waals surface area contributed by atoms with Gasteiger partial charge in [-0.3, -0.25) is 18.9 Å². The number of H-pyrrole nitrogens is 1. The summed E-state index contributed by atoms with van der Waals surface area (Å²) in [5.41, 5.74) is -1.94. The molecule has 1 aromatic heterocycles. The van der Waals surface area contributed by atoms with Gasteiger partial charge in [0.2, 0.25) is 5.85 Å². The quantitative estimate of drug-likeness (QED) is 0.351. The van der Waals surface area contributed by atoms with Gasteiger partial charge in [-0.1, -0.05) is 0 Å². The minimum absolute atomic E-state index is 0.522. The van der Waals surface area contributed by atoms with Gasteiger partial charge < -0.3 is 24.5 Å². The lowest BCUT2D eigenvalue weighted by Gasteiger charge is -2.22. The minimum Gasteiger partial charge on any atom is -0.388 e. The van der Waals surface area contributed by atoms with Crippen LogP contribution in [0.1, 0.15) is 15.4 Å². The van der Waals surface area contributed by atoms with E-state index < -0.39 is 58.1 Å². The second-order valence-electron chi connectivity index (χ2n) is 4.76. The Morgan fingerprint density at radius 3 is 2.68 bits per heavy atom. The van der Waals surface area contributed by atoms with Crippen LogP contribution < -0.4 is 11.2 Å². The van der Waals surface area contributed by atoms with Crippen LogP contribution in [-0.2, 0) is 22.7 Å². The summed E-state index contributed by atoms with van der Waals surface area (Å²) in [5.74, 6) is -3.65. The minimum atomic E-state index is -5.81. The molecule has 0 spiro atoms. The smallest absolute Gasteiger partial charge is 0.388 e. The van der Waals surface area contributed by atoms with Crippen LogP contribution in [0.4, 0.5) is 4.39 Å². The van der Waals surface area contributed by atoms with Crippen molar-refractivity contribution in [1.29, 1.82) is 0 Å². The number of ether oxygens (including phenoxy) is 1. The van der Waals surface area contributed by atoms with E-state index in [1.54, 1.807) is 4.98 Å². The first-order chi connectivity index (χ1) is 12.1. The molecule has 1 unspecified atom stereocenters. The van der Waals surface area contributed by atoms with E-state index in [-0.39, 0.29) is 0 Å². The molecule has 1 aromatic rings. The highest BCUT2D eigenvalue weighted by molar-refractivity contribution is 7.60. The van der Waals surface area contributed by atoms with Crippen LogP contribution in [0.5, 0.6) is 0 Å². The molecule has 4 atom stereocenters. The van der Waals surface area contributed by atoms with E-state index >= 15 is 0 Å². The summed E-state index contributed by atoms with van der Waals surface area (Å²) >= 11 is 0. The molecular weight excluding hydrogens is 393 g/mol. The maximum absolute atomic E-state index is 14.9. The average molecular weight is 408 g/mol. The van der Waals surface area contributed by atoms with Gasteiger partial charge in [-0.2, -0.15) is 4.31 Å². The fourth-order valence-electron chi connectivity index (χ4n) is 1.90. The number of aliphatic hydroxyl groups is 1. The van der Waals surface area contributed by atoms with E-state index in [4.69, 9.17) is 12.5 Å². The number of nitrogens with one attached hydrogen (secondary N) is 1. The Hall–Kier alpha value is -1.21. The number of aromatic amines is 1. The molecule has 5 N–H and O–H groups in total. The third kappa shape index (κ3) is 5.38. The van der Waals surface area contributed by atoms with Gasteiger partial charge in [0, 0.05) is 18.7 Å². The van der Waals surface area contributed by atoms with E-state index in [1.165, 1.54) is 0 Å². The predicted octanol–water partition coefficient (Wildman–Crippen LogP) is -1.29. The summed E-state index contributed by atoms with van der Waals surface area (Å²) in [6, 6.07) is 0.830. The number of aromatic nitrogens is 2. The first kappa shape index (κ1) is 17.2. The first-order valence-corrected chi connectivity index (χ1v) is 9.25. The average Bonchev–Trinajstić information content (AvgIpc) is 2.71. The van der Waals surface area contributed by atoms with Crippen LogP contribution in [0.15, 0.2) is 21.9 Å². The molecule has 2 heterocycles. The van der Waals surface area contributed by atoms with Gasteiger partial charge in [-0.15, -0.1) is 0 Å². The molecule has 0 amide bonds. The number of hydrogen-bond donors (Lipinski definition) is 5. The second kappa shape index (κ2) is 6.83. The highest BCUT2D eigenvalue weighted by atomic mass is 31.3. The van der Waals surface area contributed by atoms with Crippen molar-refractivity contribution in [1.82, 2.24) is 9.55 Å². The number of halogens is 1. The maximum atomic E-state index is 14.9. The van der Waals surface area contributed by atoms with Crippen molar-refractivity contribution in [3.05, 3.63) is 33.1 Å². The molecule has 0 bridgehead atoms. The lowest BCUT2D eigenvalue weighted by Crippen LogP contribution is -2.35. The Kier molecular flexibility index (Phi) is 4.71. The Morgan fingerprint density at radius 1 is 1.48 bits per heavy atom. The van der Waals surface area contributed by atoms with E-state index in [0.717, 1.165) is 12.3 Å². The van der Waals surface area contributed by atoms with Gasteiger partial charge in [-0.25, -0.2) is 18.3 Å². The van der Waals surface area contributed by atoms with Gasteiger partial charge >= 0.3 is 21.3 Å². The van der Waals surface area contributed by atoms with Crippen molar-refractivity contribution in [3.8, 4) is 0 Å². The maximum Gasteiger partial charge on any atom is 0.481 e. The molecule has 1 fully saturated rings. The topological polar surface area (TPSA) is 198 Å². The molecule has 13 nitrogen and oxygen atoms in total. The van der Waals surface area contributed by atoms with Gasteiger partial charge in [0.1, 0.15) is 12.7 Å². The monoisotopic (exact) mass is 408 g/mol. The number of phosphoric ester groups is 1. The zero-order valence-corrected chi connectivity index (χ0v) is 13.7. The highest BCUT2D eigenvalue weighted by Crippen LogP contribution is 2.58. The molecule has 1 aliphatic heterocycles. The summed E-state index contributed by atoms with van der Waals surface area (Å²) in [6.45, 7) is -3.87. The van der Waals surface area contributed by atoms with Crippen LogP contribution in [0.3, 0.4) is 0 Å². The fraction of sp³-hybridized carbons (Fsp3) is 0.556. The number of nitrogens with zero attached hydrogens (tertiary/aromatic N) is 1. The SMILES string of the molecule is [2H]C([2H])(OP(=O)(O)OP(=O)(O)O)[C@]1(F)C[C@@H](O)[C@H](n2ccc(=O)[nH]c2=O)O1. The Balaban J connectivity index is 2.29. The molecule has 25 heavy (non-hydrogen) atoms. The van der Waals surface area contributed by atoms with Gasteiger partial charge in [0.25, 0.3) is 5.56 Å². The largest absolute Gasteiger partial charge is 0.481 e. The number of hydrogen-bond acceptors (Lipinski definition) is 8. The summed E-state index contributed by atoms with van der Waals surface area (Å²) in [6.07, 6.45) is -4.13. The van der Waals surface area contributed by atoms with Gasteiger partial charge in [0.05, 0.1) is 2.74 Å². The Bertz CT molecular complexity index is 931. The molecule has 0 aromatic carbocycles. The van der Waals surface area contributed by atoms with E-state index in [9.17, 15) is 33.1 Å². The van der Waals surface area contributed by atoms with Crippen molar-refractivity contribution in [2.24, 2.45) is 0 Å². The normalized spacial score (nSPS) is 31.2. The number of alkyl halides is 1. The summed E-state index contributed by atoms with van der Waals surface area (Å²) in [7, 11) is -11.4. The van der Waals surface area contributed by atoms with E-state index in [2.05, 4.69) is 13.6 Å². The van der Waals surface area contributed by atoms with Crippen LogP contribution in [-0.4, -0.2) is 47.9 Å². The highest BCUT2D eigenvalue weighted by Gasteiger charge is 2.49. The third-order valence-corrected chi connectivity index (χ3v) is 4.76. The van der Waals surface area contributed by atoms with Gasteiger partial charge in [0.15, 0.2) is 6.23 Å². The molecule has 2 rings (SSSR count). The number of aliphatic hydroxyl groups excluding tert-OH is 1. The van der Waals surface area contributed by atoms with Crippen molar-refractivity contribution in [2.45, 2.75) is 24.6 Å². The van der Waals surface area contributed by atoms with Gasteiger partial charge in [-0.05, 0) is 0 Å². The summed E-state index contributed by atoms with van der Waals surface area (Å²) in [5, 5.41) is 9.89. The van der Waals surface area contributed by atoms with Crippen LogP contribution in [0, 0.1) is 0 Å². The van der Waals surface area contributed by atoms with E-state index in [1.807, 2.05) is 0 Å². The molecule has 142 valence electrons. The number of rotatable bonds is 6. The molecule has 0 radical (unpaired) electrons. The predicted molar refractivity (Wildman–Crippen MR) is 74.8 cm³/mol. The molecular formula is C9H13FN2O11P2. The second-order valence-corrected chi connectivity index (χ2v) is 7.51. The van der Waals surface area contributed by atoms with Crippen LogP contribution >= 0.6 is 15.6 Å². The lowest BCUT2D eigenvalue weighted by atomic mass is 10.2. The standard InChI is InChI=1S/C9H13FN2O11P2/c10-9(4-21-25(19,20)23-24(16,17)18)3-5(13)7(22-9)12-2-1-6(14)11-8(12)15/h1-2,5,7,13H,3-4H2,(H,19,20)(H,11,14,15)(H2,16,17,18)/t5-,7-,9+/m1/s1/i4D2. The van der Waals surface area contributed by atoms with Crippen LogP contribution in [0.25, 0.3) is 0 Å². The molecule has 0 aliphatic carbocycles. The number of phosphoric acid groups is 2. The molecule has 1 aliphatic rings. The molecule has 0 saturated carbocycles. The Morgan fingerprint density at radius 2 is 2.12 bits per heavy atom. The Labute approximate surface area is 140 Å². The van der Waals surface area contributed by atoms with Crippen molar-refractivity contribution in [3.63, 3.8) is 0 Å². The third-order valence-electron chi connectivity index (χ3n) is 2.76. The van der Waals surface area contributed by atoms with E-state index in [0.29, 0.717) is 4.57 Å². The summed E-state index contributed by atoms with van der Waals surface area (Å²) < 4.78 is 64.2. The summed E-state index contributed by atoms with van der Waals surface area (Å²) in [4.78, 5) is 50.7. The van der Waals surface area contributed by atoms with Crippen molar-refractivity contribution in [2.75, 3.05) is 6.56 Å². The molecule has 1 saturated heterocycles. The lowest BCUT2D eigenvalue weighted by molar-refractivity contribution is -0.178. The first-order valence-electron chi connectivity index (χ1n) is 7.22. The zero-order valence-electron chi connectivity index (χ0n) is 13.9. The van der Waals surface area contributed by atoms with Crippen molar-refractivity contribution < 1.29 is 49.6 Å². The zero-order chi connectivity index (χ0) is 20.8.